The van der Waals surface area contributed by atoms with Crippen LogP contribution in [0.25, 0.3) is 0 Å². The molecule has 2 nitrogen and oxygen atoms in total. The Morgan fingerprint density at radius 2 is 2.18 bits per heavy atom. The van der Waals surface area contributed by atoms with Gasteiger partial charge >= 0.3 is 0 Å². The lowest BCUT2D eigenvalue weighted by Gasteiger charge is -1.99. The van der Waals surface area contributed by atoms with Crippen molar-refractivity contribution in [3.63, 3.8) is 0 Å². The lowest BCUT2D eigenvalue weighted by molar-refractivity contribution is 0.108. The summed E-state index contributed by atoms with van der Waals surface area (Å²) in [5, 5.41) is -0.0750. The maximum absolute atomic E-state index is 10.7. The summed E-state index contributed by atoms with van der Waals surface area (Å²) in [6, 6.07) is 0. The van der Waals surface area contributed by atoms with Crippen molar-refractivity contribution in [1.82, 2.24) is 4.98 Å². The molecule has 0 spiro atoms. The predicted molar refractivity (Wildman–Crippen MR) is 44.2 cm³/mol. The zero-order chi connectivity index (χ0) is 8.43. The van der Waals surface area contributed by atoms with Crippen LogP contribution in [-0.4, -0.2) is 10.2 Å². The molecule has 58 valence electrons. The molecule has 0 N–H and O–H groups in total. The van der Waals surface area contributed by atoms with Crippen molar-refractivity contribution in [1.29, 1.82) is 0 Å². The number of rotatable bonds is 1. The molecular weight excluding hydrogens is 185 g/mol. The van der Waals surface area contributed by atoms with E-state index < -0.39 is 5.24 Å². The first-order valence-corrected chi connectivity index (χ1v) is 3.68. The fourth-order valence-electron chi connectivity index (χ4n) is 0.698. The van der Waals surface area contributed by atoms with Gasteiger partial charge in [-0.15, -0.1) is 0 Å². The summed E-state index contributed by atoms with van der Waals surface area (Å²) in [5.41, 5.74) is 1.03. The Hall–Kier alpha value is -0.600. The molecule has 0 atom stereocenters. The molecule has 0 fully saturated rings. The van der Waals surface area contributed by atoms with Gasteiger partial charge in [-0.1, -0.05) is 11.6 Å². The molecule has 0 unspecified atom stereocenters. The molecular formula is C7H5Cl2NO. The second-order valence-electron chi connectivity index (χ2n) is 2.07. The van der Waals surface area contributed by atoms with Gasteiger partial charge in [0.15, 0.2) is 0 Å². The van der Waals surface area contributed by atoms with Gasteiger partial charge in [0.05, 0.1) is 10.6 Å². The molecule has 0 saturated carbocycles. The van der Waals surface area contributed by atoms with Gasteiger partial charge in [-0.25, -0.2) is 0 Å². The summed E-state index contributed by atoms with van der Waals surface area (Å²) in [6.45, 7) is 1.72. The summed E-state index contributed by atoms with van der Waals surface area (Å²) in [7, 11) is 0. The molecule has 1 heterocycles. The fourth-order valence-corrected chi connectivity index (χ4v) is 1.05. The first kappa shape index (κ1) is 8.50. The standard InChI is InChI=1S/C7H5Cl2NO/c1-4-5(7(9)11)2-10-3-6(4)8/h2-3H,1H3. The molecule has 1 aromatic rings. The van der Waals surface area contributed by atoms with Crippen molar-refractivity contribution >= 4 is 28.4 Å². The number of aromatic nitrogens is 1. The van der Waals surface area contributed by atoms with Crippen molar-refractivity contribution < 1.29 is 4.79 Å². The van der Waals surface area contributed by atoms with Crippen molar-refractivity contribution in [2.24, 2.45) is 0 Å². The highest BCUT2D eigenvalue weighted by molar-refractivity contribution is 6.68. The minimum absolute atomic E-state index is 0.360. The second kappa shape index (κ2) is 3.20. The van der Waals surface area contributed by atoms with E-state index in [-0.39, 0.29) is 0 Å². The number of halogens is 2. The summed E-state index contributed by atoms with van der Waals surface area (Å²) in [4.78, 5) is 14.4. The molecule has 0 bridgehead atoms. The van der Waals surface area contributed by atoms with E-state index in [1.807, 2.05) is 0 Å². The number of hydrogen-bond acceptors (Lipinski definition) is 2. The van der Waals surface area contributed by atoms with E-state index in [2.05, 4.69) is 4.98 Å². The van der Waals surface area contributed by atoms with Crippen LogP contribution >= 0.6 is 23.2 Å². The van der Waals surface area contributed by atoms with Gasteiger partial charge in [0.2, 0.25) is 0 Å². The third kappa shape index (κ3) is 1.70. The Labute approximate surface area is 74.1 Å². The molecule has 0 saturated heterocycles. The second-order valence-corrected chi connectivity index (χ2v) is 2.82. The summed E-state index contributed by atoms with van der Waals surface area (Å²) in [6.07, 6.45) is 2.87. The normalized spacial score (nSPS) is 9.73. The SMILES string of the molecule is Cc1c(Cl)cncc1C(=O)Cl. The molecule has 1 rings (SSSR count). The van der Waals surface area contributed by atoms with E-state index in [9.17, 15) is 4.79 Å². The molecule has 0 aromatic carbocycles. The van der Waals surface area contributed by atoms with Crippen LogP contribution in [0.2, 0.25) is 5.02 Å². The summed E-state index contributed by atoms with van der Waals surface area (Å²) in [5.74, 6) is 0. The monoisotopic (exact) mass is 189 g/mol. The topological polar surface area (TPSA) is 30.0 Å². The Morgan fingerprint density at radius 1 is 1.55 bits per heavy atom. The van der Waals surface area contributed by atoms with Crippen molar-refractivity contribution in [3.8, 4) is 0 Å². The molecule has 11 heavy (non-hydrogen) atoms. The van der Waals surface area contributed by atoms with Crippen LogP contribution in [0.4, 0.5) is 0 Å². The highest BCUT2D eigenvalue weighted by atomic mass is 35.5. The van der Waals surface area contributed by atoms with Crippen LogP contribution in [0.5, 0.6) is 0 Å². The van der Waals surface area contributed by atoms with E-state index in [0.717, 1.165) is 0 Å². The quantitative estimate of drug-likeness (QED) is 0.636. The summed E-state index contributed by atoms with van der Waals surface area (Å²) >= 11 is 10.9. The van der Waals surface area contributed by atoms with E-state index in [1.165, 1.54) is 12.4 Å². The minimum Gasteiger partial charge on any atom is -0.276 e. The van der Waals surface area contributed by atoms with E-state index >= 15 is 0 Å². The van der Waals surface area contributed by atoms with E-state index in [4.69, 9.17) is 23.2 Å². The van der Waals surface area contributed by atoms with Gasteiger partial charge in [0.25, 0.3) is 5.24 Å². The number of nitrogens with zero attached hydrogens (tertiary/aromatic N) is 1. The maximum Gasteiger partial charge on any atom is 0.254 e. The van der Waals surface area contributed by atoms with Crippen LogP contribution in [0, 0.1) is 6.92 Å². The minimum atomic E-state index is -0.530. The average molecular weight is 190 g/mol. The zero-order valence-electron chi connectivity index (χ0n) is 5.77. The fraction of sp³-hybridized carbons (Fsp3) is 0.143. The Kier molecular flexibility index (Phi) is 2.47. The van der Waals surface area contributed by atoms with Crippen LogP contribution in [0.1, 0.15) is 15.9 Å². The number of pyridine rings is 1. The smallest absolute Gasteiger partial charge is 0.254 e. The molecule has 0 aliphatic heterocycles. The lowest BCUT2D eigenvalue weighted by atomic mass is 10.2. The van der Waals surface area contributed by atoms with Gasteiger partial charge in [0, 0.05) is 12.4 Å². The Bertz CT molecular complexity index is 298. The van der Waals surface area contributed by atoms with Gasteiger partial charge < -0.3 is 0 Å². The Morgan fingerprint density at radius 3 is 2.64 bits per heavy atom. The van der Waals surface area contributed by atoms with Crippen molar-refractivity contribution in [2.45, 2.75) is 6.92 Å². The first-order chi connectivity index (χ1) is 5.13. The van der Waals surface area contributed by atoms with Crippen molar-refractivity contribution in [3.05, 3.63) is 28.5 Å². The number of carbonyl (C=O) groups excluding carboxylic acids is 1. The van der Waals surface area contributed by atoms with Gasteiger partial charge in [-0.05, 0) is 24.1 Å². The van der Waals surface area contributed by atoms with Crippen LogP contribution in [-0.2, 0) is 0 Å². The van der Waals surface area contributed by atoms with Crippen LogP contribution in [0.15, 0.2) is 12.4 Å². The van der Waals surface area contributed by atoms with Gasteiger partial charge in [-0.3, -0.25) is 9.78 Å². The van der Waals surface area contributed by atoms with Crippen LogP contribution in [0.3, 0.4) is 0 Å². The lowest BCUT2D eigenvalue weighted by Crippen LogP contribution is -1.94. The third-order valence-electron chi connectivity index (χ3n) is 1.37. The average Bonchev–Trinajstić information content (AvgIpc) is 1.94. The largest absolute Gasteiger partial charge is 0.276 e. The van der Waals surface area contributed by atoms with Gasteiger partial charge in [-0.2, -0.15) is 0 Å². The predicted octanol–water partition coefficient (Wildman–Crippen LogP) is 2.42. The van der Waals surface area contributed by atoms with Gasteiger partial charge in [0.1, 0.15) is 0 Å². The molecule has 0 amide bonds. The molecule has 4 heteroatoms. The zero-order valence-corrected chi connectivity index (χ0v) is 7.28. The van der Waals surface area contributed by atoms with Crippen LogP contribution < -0.4 is 0 Å². The first-order valence-electron chi connectivity index (χ1n) is 2.93. The highest BCUT2D eigenvalue weighted by Crippen LogP contribution is 2.18. The molecule has 0 aliphatic carbocycles. The molecule has 0 aliphatic rings. The number of hydrogen-bond donors (Lipinski definition) is 0. The molecule has 1 aromatic heterocycles. The van der Waals surface area contributed by atoms with E-state index in [0.29, 0.717) is 16.1 Å². The third-order valence-corrected chi connectivity index (χ3v) is 1.95. The van der Waals surface area contributed by atoms with Crippen molar-refractivity contribution in [2.75, 3.05) is 0 Å². The maximum atomic E-state index is 10.7. The summed E-state index contributed by atoms with van der Waals surface area (Å²) < 4.78 is 0. The Balaban J connectivity index is 3.27. The highest BCUT2D eigenvalue weighted by Gasteiger charge is 2.07. The number of carbonyl (C=O) groups is 1. The van der Waals surface area contributed by atoms with E-state index in [1.54, 1.807) is 6.92 Å². The molecule has 0 radical (unpaired) electrons.